The van der Waals surface area contributed by atoms with Gasteiger partial charge in [0.1, 0.15) is 0 Å². The predicted molar refractivity (Wildman–Crippen MR) is 98.6 cm³/mol. The maximum absolute atomic E-state index is 11.6. The molecule has 6 nitrogen and oxygen atoms in total. The molecule has 1 fully saturated rings. The molecule has 0 radical (unpaired) electrons. The van der Waals surface area contributed by atoms with E-state index in [0.29, 0.717) is 19.0 Å². The Balaban J connectivity index is 1.68. The van der Waals surface area contributed by atoms with Crippen LogP contribution in [-0.2, 0) is 23.0 Å². The monoisotopic (exact) mass is 362 g/mol. The highest BCUT2D eigenvalue weighted by atomic mass is 32.2. The minimum Gasteiger partial charge on any atom is -0.263 e. The number of aryl methyl sites for hydroxylation is 1. The van der Waals surface area contributed by atoms with Crippen LogP contribution >= 0.6 is 0 Å². The van der Waals surface area contributed by atoms with Gasteiger partial charge in [-0.1, -0.05) is 13.0 Å². The Bertz CT molecular complexity index is 808. The van der Waals surface area contributed by atoms with Crippen molar-refractivity contribution in [2.24, 2.45) is 5.92 Å². The third-order valence-electron chi connectivity index (χ3n) is 4.76. The zero-order chi connectivity index (χ0) is 17.9. The number of rotatable bonds is 6. The van der Waals surface area contributed by atoms with Gasteiger partial charge in [0.15, 0.2) is 0 Å². The van der Waals surface area contributed by atoms with Crippen molar-refractivity contribution < 1.29 is 8.42 Å². The van der Waals surface area contributed by atoms with E-state index >= 15 is 0 Å². The lowest BCUT2D eigenvalue weighted by Gasteiger charge is -2.30. The lowest BCUT2D eigenvalue weighted by Crippen LogP contribution is -2.38. The first-order valence-corrected chi connectivity index (χ1v) is 10.8. The van der Waals surface area contributed by atoms with Crippen LogP contribution in [0.4, 0.5) is 0 Å². The van der Waals surface area contributed by atoms with E-state index in [1.54, 1.807) is 4.31 Å². The lowest BCUT2D eigenvalue weighted by atomic mass is 9.93. The highest BCUT2D eigenvalue weighted by Gasteiger charge is 2.25. The van der Waals surface area contributed by atoms with Gasteiger partial charge in [-0.3, -0.25) is 9.67 Å². The lowest BCUT2D eigenvalue weighted by molar-refractivity contribution is 0.273. The number of aromatic nitrogens is 3. The second-order valence-corrected chi connectivity index (χ2v) is 8.75. The van der Waals surface area contributed by atoms with Crippen molar-refractivity contribution in [1.82, 2.24) is 19.1 Å². The number of hydrogen-bond acceptors (Lipinski definition) is 4. The Morgan fingerprint density at radius 1 is 1.20 bits per heavy atom. The largest absolute Gasteiger partial charge is 0.263 e. The molecule has 0 aromatic carbocycles. The van der Waals surface area contributed by atoms with Gasteiger partial charge in [0.25, 0.3) is 0 Å². The fraction of sp³-hybridized carbons (Fsp3) is 0.556. The third-order valence-corrected chi connectivity index (χ3v) is 6.06. The van der Waals surface area contributed by atoms with Crippen molar-refractivity contribution in [3.63, 3.8) is 0 Å². The highest BCUT2D eigenvalue weighted by molar-refractivity contribution is 7.88. The summed E-state index contributed by atoms with van der Waals surface area (Å²) in [6, 6.07) is 8.14. The molecule has 0 unspecified atom stereocenters. The molecular weight excluding hydrogens is 336 g/mol. The van der Waals surface area contributed by atoms with Crippen LogP contribution in [0.15, 0.2) is 30.5 Å². The number of nitrogens with zero attached hydrogens (tertiary/aromatic N) is 4. The molecule has 0 aliphatic carbocycles. The maximum Gasteiger partial charge on any atom is 0.211 e. The fourth-order valence-electron chi connectivity index (χ4n) is 3.42. The topological polar surface area (TPSA) is 68.1 Å². The van der Waals surface area contributed by atoms with Crippen LogP contribution in [-0.4, -0.2) is 46.8 Å². The summed E-state index contributed by atoms with van der Waals surface area (Å²) in [5.74, 6) is 0.487. The molecule has 0 amide bonds. The summed E-state index contributed by atoms with van der Waals surface area (Å²) >= 11 is 0. The fourth-order valence-corrected chi connectivity index (χ4v) is 4.29. The molecule has 1 saturated heterocycles. The van der Waals surface area contributed by atoms with Gasteiger partial charge in [-0.05, 0) is 49.8 Å². The summed E-state index contributed by atoms with van der Waals surface area (Å²) in [6.45, 7) is 4.26. The van der Waals surface area contributed by atoms with E-state index in [-0.39, 0.29) is 0 Å². The minimum absolute atomic E-state index is 0.487. The normalized spacial score (nSPS) is 17.0. The molecule has 1 aliphatic heterocycles. The first kappa shape index (κ1) is 18.1. The second kappa shape index (κ2) is 7.66. The summed E-state index contributed by atoms with van der Waals surface area (Å²) in [4.78, 5) is 4.83. The van der Waals surface area contributed by atoms with Crippen molar-refractivity contribution in [1.29, 1.82) is 0 Å². The summed E-state index contributed by atoms with van der Waals surface area (Å²) in [5.41, 5.74) is 3.08. The van der Waals surface area contributed by atoms with Crippen molar-refractivity contribution in [2.45, 2.75) is 39.2 Å². The molecule has 0 bridgehead atoms. The summed E-state index contributed by atoms with van der Waals surface area (Å²) in [5, 5.41) is 4.37. The quantitative estimate of drug-likeness (QED) is 0.792. The van der Waals surface area contributed by atoms with Crippen molar-refractivity contribution >= 4 is 10.0 Å². The molecule has 0 saturated carbocycles. The Morgan fingerprint density at radius 3 is 2.64 bits per heavy atom. The Labute approximate surface area is 149 Å². The third kappa shape index (κ3) is 4.46. The smallest absolute Gasteiger partial charge is 0.211 e. The molecule has 2 aromatic rings. The van der Waals surface area contributed by atoms with Crippen LogP contribution in [0.1, 0.15) is 31.9 Å². The zero-order valence-electron chi connectivity index (χ0n) is 14.9. The summed E-state index contributed by atoms with van der Waals surface area (Å²) in [7, 11) is -3.06. The van der Waals surface area contributed by atoms with Crippen LogP contribution in [0.25, 0.3) is 11.4 Å². The maximum atomic E-state index is 11.6. The predicted octanol–water partition coefficient (Wildman–Crippen LogP) is 2.57. The minimum atomic E-state index is -3.06. The van der Waals surface area contributed by atoms with Gasteiger partial charge in [-0.15, -0.1) is 0 Å². The average Bonchev–Trinajstić information content (AvgIpc) is 3.03. The number of pyridine rings is 1. The van der Waals surface area contributed by atoms with Crippen LogP contribution in [0.3, 0.4) is 0 Å². The summed E-state index contributed by atoms with van der Waals surface area (Å²) < 4.78 is 26.8. The van der Waals surface area contributed by atoms with Gasteiger partial charge in [-0.25, -0.2) is 12.7 Å². The molecular formula is C18H26N4O2S. The van der Waals surface area contributed by atoms with E-state index in [2.05, 4.69) is 18.1 Å². The van der Waals surface area contributed by atoms with E-state index in [9.17, 15) is 8.42 Å². The van der Waals surface area contributed by atoms with Gasteiger partial charge < -0.3 is 0 Å². The van der Waals surface area contributed by atoms with Crippen LogP contribution in [0.5, 0.6) is 0 Å². The van der Waals surface area contributed by atoms with E-state index < -0.39 is 10.0 Å². The number of piperidine rings is 1. The van der Waals surface area contributed by atoms with E-state index in [1.165, 1.54) is 6.26 Å². The Kier molecular flexibility index (Phi) is 5.54. The van der Waals surface area contributed by atoms with Gasteiger partial charge in [0.05, 0.1) is 17.6 Å². The van der Waals surface area contributed by atoms with Crippen molar-refractivity contribution in [3.05, 3.63) is 36.2 Å². The SMILES string of the molecule is CCCn1nccc1-c1cccc(CC2CCN(S(C)(=O)=O)CC2)n1. The van der Waals surface area contributed by atoms with Crippen LogP contribution in [0, 0.1) is 5.92 Å². The highest BCUT2D eigenvalue weighted by Crippen LogP contribution is 2.24. The molecule has 0 N–H and O–H groups in total. The molecule has 2 aromatic heterocycles. The molecule has 0 atom stereocenters. The van der Waals surface area contributed by atoms with Crippen LogP contribution in [0.2, 0.25) is 0 Å². The molecule has 1 aliphatic rings. The average molecular weight is 362 g/mol. The van der Waals surface area contributed by atoms with Gasteiger partial charge in [0.2, 0.25) is 10.0 Å². The second-order valence-electron chi connectivity index (χ2n) is 6.76. The molecule has 3 rings (SSSR count). The molecule has 7 heteroatoms. The molecule has 136 valence electrons. The van der Waals surface area contributed by atoms with Gasteiger partial charge in [-0.2, -0.15) is 5.10 Å². The van der Waals surface area contributed by atoms with E-state index in [1.807, 2.05) is 29.1 Å². The molecule has 0 spiro atoms. The standard InChI is InChI=1S/C18H26N4O2S/c1-3-11-22-18(7-10-19-22)17-6-4-5-16(20-17)14-15-8-12-21(13-9-15)25(2,23)24/h4-7,10,15H,3,8-9,11-14H2,1-2H3. The van der Waals surface area contributed by atoms with Gasteiger partial charge >= 0.3 is 0 Å². The zero-order valence-corrected chi connectivity index (χ0v) is 15.7. The molecule has 25 heavy (non-hydrogen) atoms. The van der Waals surface area contributed by atoms with E-state index in [0.717, 1.165) is 49.3 Å². The first-order chi connectivity index (χ1) is 12.0. The Hall–Kier alpha value is -1.73. The number of hydrogen-bond donors (Lipinski definition) is 0. The molecule has 3 heterocycles. The van der Waals surface area contributed by atoms with Crippen molar-refractivity contribution in [3.8, 4) is 11.4 Å². The van der Waals surface area contributed by atoms with Crippen LogP contribution < -0.4 is 0 Å². The number of sulfonamides is 1. The van der Waals surface area contributed by atoms with Crippen molar-refractivity contribution in [2.75, 3.05) is 19.3 Å². The first-order valence-electron chi connectivity index (χ1n) is 8.90. The summed E-state index contributed by atoms with van der Waals surface area (Å²) in [6.07, 6.45) is 6.83. The van der Waals surface area contributed by atoms with E-state index in [4.69, 9.17) is 4.98 Å². The Morgan fingerprint density at radius 2 is 1.96 bits per heavy atom. The van der Waals surface area contributed by atoms with Gasteiger partial charge in [0, 0.05) is 31.5 Å².